The zero-order chi connectivity index (χ0) is 28.0. The van der Waals surface area contributed by atoms with Crippen LogP contribution in [0.25, 0.3) is 6.08 Å². The number of halogens is 2. The lowest BCUT2D eigenvalue weighted by Gasteiger charge is -2.21. The molecule has 2 aromatic rings. The fourth-order valence-corrected chi connectivity index (χ4v) is 4.46. The van der Waals surface area contributed by atoms with Crippen LogP contribution in [0.4, 0.5) is 14.9 Å². The van der Waals surface area contributed by atoms with Crippen molar-refractivity contribution in [2.24, 2.45) is 0 Å². The first-order valence-corrected chi connectivity index (χ1v) is 13.1. The van der Waals surface area contributed by atoms with Crippen LogP contribution in [0.3, 0.4) is 0 Å². The molecule has 0 atom stereocenters. The Balaban J connectivity index is 1.73. The maximum Gasteiger partial charge on any atom is 0.326 e. The van der Waals surface area contributed by atoms with Crippen molar-refractivity contribution in [2.45, 2.75) is 33.3 Å². The second-order valence-corrected chi connectivity index (χ2v) is 10.8. The summed E-state index contributed by atoms with van der Waals surface area (Å²) in [5.74, 6) is -1.61. The van der Waals surface area contributed by atoms with Crippen LogP contribution in [-0.4, -0.2) is 53.3 Å². The van der Waals surface area contributed by atoms with E-state index < -0.39 is 41.0 Å². The van der Waals surface area contributed by atoms with E-state index in [9.17, 15) is 23.6 Å². The second kappa shape index (κ2) is 12.4. The van der Waals surface area contributed by atoms with Crippen LogP contribution in [0.2, 0.25) is 0 Å². The zero-order valence-corrected chi connectivity index (χ0v) is 23.5. The summed E-state index contributed by atoms with van der Waals surface area (Å²) < 4.78 is 30.1. The molecule has 9 nitrogen and oxygen atoms in total. The van der Waals surface area contributed by atoms with Gasteiger partial charge in [-0.2, -0.15) is 0 Å². The molecule has 1 fully saturated rings. The van der Waals surface area contributed by atoms with Gasteiger partial charge in [0.1, 0.15) is 18.0 Å². The van der Waals surface area contributed by atoms with Crippen LogP contribution in [0, 0.1) is 5.82 Å². The second-order valence-electron chi connectivity index (χ2n) is 8.95. The number of anilines is 1. The Morgan fingerprint density at radius 1 is 1.11 bits per heavy atom. The molecule has 3 amide bonds. The third kappa shape index (κ3) is 8.06. The number of hydrogen-bond acceptors (Lipinski definition) is 8. The highest BCUT2D eigenvalue weighted by Gasteiger charge is 2.37. The molecule has 0 bridgehead atoms. The van der Waals surface area contributed by atoms with Gasteiger partial charge in [0.05, 0.1) is 11.5 Å². The number of carbonyl (C=O) groups excluding carboxylic acids is 4. The number of benzene rings is 2. The molecule has 1 saturated heterocycles. The highest BCUT2D eigenvalue weighted by Crippen LogP contribution is 2.38. The first-order valence-electron chi connectivity index (χ1n) is 11.5. The summed E-state index contributed by atoms with van der Waals surface area (Å²) in [7, 11) is 0. The standard InChI is InChI=1S/C26H26BrFN2O7S/c1-5-35-19-10-15(11-21-24(33)30(25(34)38-21)13-23(32)37-26(2,3)4)18(27)12-20(19)36-14-22(31)29-17-8-6-16(28)7-9-17/h6-12H,5,13-14H2,1-4H3,(H,29,31). The summed E-state index contributed by atoms with van der Waals surface area (Å²) in [5, 5.41) is 2.02. The molecule has 2 aromatic carbocycles. The largest absolute Gasteiger partial charge is 0.490 e. The first-order chi connectivity index (χ1) is 17.9. The Labute approximate surface area is 231 Å². The Kier molecular flexibility index (Phi) is 9.55. The van der Waals surface area contributed by atoms with Crippen LogP contribution in [0.15, 0.2) is 45.8 Å². The topological polar surface area (TPSA) is 111 Å². The van der Waals surface area contributed by atoms with E-state index in [0.717, 1.165) is 4.90 Å². The number of rotatable bonds is 9. The van der Waals surface area contributed by atoms with Gasteiger partial charge in [-0.3, -0.25) is 24.1 Å². The highest BCUT2D eigenvalue weighted by molar-refractivity contribution is 9.10. The van der Waals surface area contributed by atoms with Gasteiger partial charge in [0.2, 0.25) is 0 Å². The Hall–Kier alpha value is -3.38. The maximum absolute atomic E-state index is 13.1. The van der Waals surface area contributed by atoms with E-state index in [4.69, 9.17) is 14.2 Å². The number of thioether (sulfide) groups is 1. The molecule has 1 aliphatic rings. The van der Waals surface area contributed by atoms with Gasteiger partial charge in [0.25, 0.3) is 17.1 Å². The van der Waals surface area contributed by atoms with Crippen molar-refractivity contribution in [3.63, 3.8) is 0 Å². The summed E-state index contributed by atoms with van der Waals surface area (Å²) in [6.45, 7) is 6.32. The van der Waals surface area contributed by atoms with Crippen molar-refractivity contribution in [1.82, 2.24) is 4.90 Å². The van der Waals surface area contributed by atoms with Crippen LogP contribution in [0.1, 0.15) is 33.3 Å². The Morgan fingerprint density at radius 3 is 2.39 bits per heavy atom. The molecule has 38 heavy (non-hydrogen) atoms. The van der Waals surface area contributed by atoms with Crippen LogP contribution >= 0.6 is 27.7 Å². The lowest BCUT2D eigenvalue weighted by atomic mass is 10.1. The third-order valence-electron chi connectivity index (χ3n) is 4.72. The molecule has 3 rings (SSSR count). The summed E-state index contributed by atoms with van der Waals surface area (Å²) >= 11 is 4.13. The molecule has 0 spiro atoms. The number of hydrogen-bond donors (Lipinski definition) is 1. The van der Waals surface area contributed by atoms with Gasteiger partial charge in [-0.15, -0.1) is 0 Å². The molecular weight excluding hydrogens is 583 g/mol. The van der Waals surface area contributed by atoms with Gasteiger partial charge in [-0.05, 0) is 87.5 Å². The van der Waals surface area contributed by atoms with Crippen molar-refractivity contribution in [3.8, 4) is 11.5 Å². The van der Waals surface area contributed by atoms with Crippen molar-refractivity contribution >= 4 is 62.5 Å². The number of carbonyl (C=O) groups is 4. The normalized spacial score (nSPS) is 14.6. The monoisotopic (exact) mass is 608 g/mol. The minimum absolute atomic E-state index is 0.119. The van der Waals surface area contributed by atoms with Gasteiger partial charge in [0, 0.05) is 10.2 Å². The Morgan fingerprint density at radius 2 is 1.76 bits per heavy atom. The molecule has 1 aliphatic heterocycles. The van der Waals surface area contributed by atoms with Gasteiger partial charge in [-0.25, -0.2) is 4.39 Å². The van der Waals surface area contributed by atoms with Gasteiger partial charge in [-0.1, -0.05) is 15.9 Å². The molecule has 1 N–H and O–H groups in total. The number of nitrogens with one attached hydrogen (secondary N) is 1. The average molecular weight is 609 g/mol. The fourth-order valence-electron chi connectivity index (χ4n) is 3.20. The maximum atomic E-state index is 13.1. The predicted octanol–water partition coefficient (Wildman–Crippen LogP) is 5.38. The van der Waals surface area contributed by atoms with E-state index in [1.54, 1.807) is 39.8 Å². The molecule has 0 unspecified atom stereocenters. The number of nitrogens with zero attached hydrogens (tertiary/aromatic N) is 1. The Bertz CT molecular complexity index is 1280. The van der Waals surface area contributed by atoms with Crippen LogP contribution < -0.4 is 14.8 Å². The molecule has 202 valence electrons. The van der Waals surface area contributed by atoms with E-state index in [2.05, 4.69) is 21.2 Å². The quantitative estimate of drug-likeness (QED) is 0.298. The molecule has 0 aliphatic carbocycles. The molecule has 0 radical (unpaired) electrons. The van der Waals surface area contributed by atoms with Gasteiger partial charge in [0.15, 0.2) is 18.1 Å². The van der Waals surface area contributed by atoms with Gasteiger partial charge < -0.3 is 19.5 Å². The third-order valence-corrected chi connectivity index (χ3v) is 6.31. The number of amides is 3. The smallest absolute Gasteiger partial charge is 0.326 e. The molecule has 12 heteroatoms. The number of ether oxygens (including phenoxy) is 3. The van der Waals surface area contributed by atoms with E-state index in [0.29, 0.717) is 39.8 Å². The first kappa shape index (κ1) is 29.2. The van der Waals surface area contributed by atoms with Gasteiger partial charge >= 0.3 is 5.97 Å². The summed E-state index contributed by atoms with van der Waals surface area (Å²) in [6.07, 6.45) is 1.50. The van der Waals surface area contributed by atoms with E-state index in [1.165, 1.54) is 30.3 Å². The minimum atomic E-state index is -0.749. The summed E-state index contributed by atoms with van der Waals surface area (Å²) in [4.78, 5) is 50.6. The van der Waals surface area contributed by atoms with Crippen LogP contribution in [0.5, 0.6) is 11.5 Å². The molecule has 0 aromatic heterocycles. The molecular formula is C26H26BrFN2O7S. The lowest BCUT2D eigenvalue weighted by Crippen LogP contribution is -2.37. The SMILES string of the molecule is CCOc1cc(C=C2SC(=O)N(CC(=O)OC(C)(C)C)C2=O)c(Br)cc1OCC(=O)Nc1ccc(F)cc1. The zero-order valence-electron chi connectivity index (χ0n) is 21.1. The van der Waals surface area contributed by atoms with Crippen molar-refractivity contribution < 1.29 is 37.8 Å². The minimum Gasteiger partial charge on any atom is -0.490 e. The average Bonchev–Trinajstić information content (AvgIpc) is 3.07. The number of imide groups is 1. The van der Waals surface area contributed by atoms with Crippen molar-refractivity contribution in [2.75, 3.05) is 25.1 Å². The summed E-state index contributed by atoms with van der Waals surface area (Å²) in [6, 6.07) is 8.49. The van der Waals surface area contributed by atoms with E-state index >= 15 is 0 Å². The van der Waals surface area contributed by atoms with E-state index in [1.807, 2.05) is 0 Å². The van der Waals surface area contributed by atoms with E-state index in [-0.39, 0.29) is 17.3 Å². The van der Waals surface area contributed by atoms with Crippen molar-refractivity contribution in [3.05, 3.63) is 57.2 Å². The lowest BCUT2D eigenvalue weighted by molar-refractivity contribution is -0.156. The highest BCUT2D eigenvalue weighted by atomic mass is 79.9. The van der Waals surface area contributed by atoms with Crippen molar-refractivity contribution in [1.29, 1.82) is 0 Å². The fraction of sp³-hybridized carbons (Fsp3) is 0.308. The molecule has 1 heterocycles. The molecule has 0 saturated carbocycles. The number of esters is 1. The van der Waals surface area contributed by atoms with Crippen LogP contribution in [-0.2, 0) is 19.1 Å². The summed E-state index contributed by atoms with van der Waals surface area (Å²) in [5.41, 5.74) is 0.183. The predicted molar refractivity (Wildman–Crippen MR) is 144 cm³/mol.